The third-order valence-corrected chi connectivity index (χ3v) is 5.19. The maximum Gasteiger partial charge on any atom is 0.355 e. The molecule has 0 bridgehead atoms. The number of carbonyl (C=O) groups excluding carboxylic acids is 2. The minimum atomic E-state index is -0.937. The van der Waals surface area contributed by atoms with Crippen LogP contribution in [-0.2, 0) is 19.1 Å². The molecule has 0 saturated carbocycles. The van der Waals surface area contributed by atoms with Crippen LogP contribution >= 0.6 is 0 Å². The number of nitrogens with zero attached hydrogens (tertiary/aromatic N) is 2. The van der Waals surface area contributed by atoms with E-state index in [1.165, 1.54) is 19.1 Å². The van der Waals surface area contributed by atoms with E-state index in [2.05, 4.69) is 12.6 Å². The SMILES string of the molecule is C=C(C)COc1ccccc1N1C(N)=C(C#N)C(c2ccccc2)C(C(=O)OC)=C1C(=O)OC. The van der Waals surface area contributed by atoms with Gasteiger partial charge in [-0.2, -0.15) is 5.26 Å². The van der Waals surface area contributed by atoms with Gasteiger partial charge >= 0.3 is 11.9 Å². The number of carbonyl (C=O) groups is 2. The largest absolute Gasteiger partial charge is 0.487 e. The molecule has 8 heteroatoms. The van der Waals surface area contributed by atoms with Gasteiger partial charge in [-0.05, 0) is 30.2 Å². The molecule has 0 radical (unpaired) electrons. The van der Waals surface area contributed by atoms with Crippen LogP contribution in [0.1, 0.15) is 18.4 Å². The quantitative estimate of drug-likeness (QED) is 0.494. The van der Waals surface area contributed by atoms with Crippen LogP contribution in [0.25, 0.3) is 0 Å². The molecule has 0 aliphatic carbocycles. The summed E-state index contributed by atoms with van der Waals surface area (Å²) in [5, 5.41) is 10.1. The summed E-state index contributed by atoms with van der Waals surface area (Å²) in [5.41, 5.74) is 8.09. The van der Waals surface area contributed by atoms with Crippen LogP contribution in [-0.4, -0.2) is 32.8 Å². The minimum absolute atomic E-state index is 0.0317. The monoisotopic (exact) mass is 459 g/mol. The standard InChI is InChI=1S/C26H25N3O5/c1-16(2)15-34-20-13-9-8-12-19(20)29-23(26(31)33-4)22(25(30)32-3)21(18(14-27)24(29)28)17-10-6-5-7-11-17/h5-13,21H,1,15,28H2,2-4H3. The van der Waals surface area contributed by atoms with Gasteiger partial charge in [0.1, 0.15) is 23.9 Å². The van der Waals surface area contributed by atoms with E-state index in [1.807, 2.05) is 6.92 Å². The Labute approximate surface area is 198 Å². The first kappa shape index (κ1) is 24.1. The maximum absolute atomic E-state index is 13.1. The molecule has 34 heavy (non-hydrogen) atoms. The van der Waals surface area contributed by atoms with E-state index in [-0.39, 0.29) is 29.3 Å². The highest BCUT2D eigenvalue weighted by atomic mass is 16.5. The lowest BCUT2D eigenvalue weighted by molar-refractivity contribution is -0.139. The number of nitriles is 1. The highest BCUT2D eigenvalue weighted by molar-refractivity contribution is 6.06. The molecular formula is C26H25N3O5. The van der Waals surface area contributed by atoms with Crippen LogP contribution in [0.15, 0.2) is 89.4 Å². The highest BCUT2D eigenvalue weighted by Gasteiger charge is 2.43. The van der Waals surface area contributed by atoms with Gasteiger partial charge < -0.3 is 19.9 Å². The lowest BCUT2D eigenvalue weighted by Gasteiger charge is -2.36. The summed E-state index contributed by atoms with van der Waals surface area (Å²) in [6.07, 6.45) is 0. The number of ether oxygens (including phenoxy) is 3. The van der Waals surface area contributed by atoms with E-state index in [4.69, 9.17) is 19.9 Å². The third-order valence-electron chi connectivity index (χ3n) is 5.19. The first-order chi connectivity index (χ1) is 16.3. The second-order valence-corrected chi connectivity index (χ2v) is 7.55. The predicted molar refractivity (Wildman–Crippen MR) is 126 cm³/mol. The molecule has 1 unspecified atom stereocenters. The number of para-hydroxylation sites is 2. The number of nitrogens with two attached hydrogens (primary N) is 1. The molecule has 0 aromatic heterocycles. The van der Waals surface area contributed by atoms with Crippen molar-refractivity contribution in [2.75, 3.05) is 25.7 Å². The van der Waals surface area contributed by atoms with Gasteiger partial charge in [0, 0.05) is 0 Å². The molecule has 2 aromatic carbocycles. The van der Waals surface area contributed by atoms with Crippen molar-refractivity contribution in [2.24, 2.45) is 5.73 Å². The molecule has 174 valence electrons. The Morgan fingerprint density at radius 2 is 1.68 bits per heavy atom. The molecule has 1 aliphatic heterocycles. The van der Waals surface area contributed by atoms with Gasteiger partial charge in [0.25, 0.3) is 0 Å². The average molecular weight is 460 g/mol. The maximum atomic E-state index is 13.1. The van der Waals surface area contributed by atoms with Gasteiger partial charge in [-0.1, -0.05) is 49.0 Å². The van der Waals surface area contributed by atoms with E-state index >= 15 is 0 Å². The third kappa shape index (κ3) is 4.50. The smallest absolute Gasteiger partial charge is 0.355 e. The summed E-state index contributed by atoms with van der Waals surface area (Å²) in [6, 6.07) is 17.8. The number of esters is 2. The van der Waals surface area contributed by atoms with E-state index < -0.39 is 17.9 Å². The summed E-state index contributed by atoms with van der Waals surface area (Å²) >= 11 is 0. The molecule has 1 aliphatic rings. The molecule has 2 aromatic rings. The van der Waals surface area contributed by atoms with Crippen molar-refractivity contribution in [3.63, 3.8) is 0 Å². The van der Waals surface area contributed by atoms with Crippen molar-refractivity contribution in [3.05, 3.63) is 95.0 Å². The Bertz CT molecular complexity index is 1220. The second-order valence-electron chi connectivity index (χ2n) is 7.55. The van der Waals surface area contributed by atoms with Gasteiger partial charge in [0.05, 0.1) is 43.0 Å². The van der Waals surface area contributed by atoms with Crippen molar-refractivity contribution >= 4 is 17.6 Å². The number of hydrogen-bond donors (Lipinski definition) is 1. The first-order valence-electron chi connectivity index (χ1n) is 10.4. The molecule has 0 fully saturated rings. The van der Waals surface area contributed by atoms with Crippen molar-refractivity contribution < 1.29 is 23.8 Å². The minimum Gasteiger partial charge on any atom is -0.487 e. The number of rotatable bonds is 7. The van der Waals surface area contributed by atoms with Crippen LogP contribution in [0.2, 0.25) is 0 Å². The van der Waals surface area contributed by atoms with E-state index in [0.717, 1.165) is 5.57 Å². The van der Waals surface area contributed by atoms with E-state index in [1.54, 1.807) is 54.6 Å². The topological polar surface area (TPSA) is 115 Å². The number of anilines is 1. The Hall–Kier alpha value is -4.51. The Balaban J connectivity index is 2.38. The van der Waals surface area contributed by atoms with Crippen molar-refractivity contribution in [3.8, 4) is 11.8 Å². The van der Waals surface area contributed by atoms with Gasteiger partial charge in [-0.3, -0.25) is 4.90 Å². The molecule has 0 saturated heterocycles. The zero-order valence-corrected chi connectivity index (χ0v) is 19.2. The van der Waals surface area contributed by atoms with Crippen LogP contribution in [0.4, 0.5) is 5.69 Å². The fraction of sp³-hybridized carbons (Fsp3) is 0.192. The number of methoxy groups -OCH3 is 2. The summed E-state index contributed by atoms with van der Waals surface area (Å²) in [7, 11) is 2.40. The lowest BCUT2D eigenvalue weighted by atomic mass is 9.81. The molecular weight excluding hydrogens is 434 g/mol. The molecule has 0 spiro atoms. The normalized spacial score (nSPS) is 15.5. The van der Waals surface area contributed by atoms with Crippen molar-refractivity contribution in [2.45, 2.75) is 12.8 Å². The fourth-order valence-corrected chi connectivity index (χ4v) is 3.73. The molecule has 3 rings (SSSR count). The van der Waals surface area contributed by atoms with Crippen molar-refractivity contribution in [1.82, 2.24) is 0 Å². The highest BCUT2D eigenvalue weighted by Crippen LogP contribution is 2.45. The summed E-state index contributed by atoms with van der Waals surface area (Å²) in [5.74, 6) is -2.21. The van der Waals surface area contributed by atoms with E-state index in [9.17, 15) is 14.9 Å². The Kier molecular flexibility index (Phi) is 7.39. The first-order valence-corrected chi connectivity index (χ1v) is 10.4. The van der Waals surface area contributed by atoms with Gasteiger partial charge in [-0.15, -0.1) is 0 Å². The van der Waals surface area contributed by atoms with Crippen LogP contribution in [0, 0.1) is 11.3 Å². The zero-order valence-electron chi connectivity index (χ0n) is 19.2. The number of allylic oxidation sites excluding steroid dienone is 1. The van der Waals surface area contributed by atoms with Crippen LogP contribution in [0.5, 0.6) is 5.75 Å². The molecule has 8 nitrogen and oxygen atoms in total. The summed E-state index contributed by atoms with van der Waals surface area (Å²) < 4.78 is 16.0. The lowest BCUT2D eigenvalue weighted by Crippen LogP contribution is -2.41. The fourth-order valence-electron chi connectivity index (χ4n) is 3.73. The Morgan fingerprint density at radius 1 is 1.06 bits per heavy atom. The van der Waals surface area contributed by atoms with Crippen LogP contribution in [0.3, 0.4) is 0 Å². The van der Waals surface area contributed by atoms with E-state index in [0.29, 0.717) is 17.0 Å². The predicted octanol–water partition coefficient (Wildman–Crippen LogP) is 3.54. The molecule has 0 amide bonds. The van der Waals surface area contributed by atoms with Gasteiger partial charge in [-0.25, -0.2) is 9.59 Å². The molecule has 2 N–H and O–H groups in total. The molecule has 1 atom stereocenters. The number of benzene rings is 2. The molecule has 1 heterocycles. The summed E-state index contributed by atoms with van der Waals surface area (Å²) in [6.45, 7) is 5.86. The summed E-state index contributed by atoms with van der Waals surface area (Å²) in [4.78, 5) is 27.5. The van der Waals surface area contributed by atoms with Crippen molar-refractivity contribution in [1.29, 1.82) is 5.26 Å². The number of hydrogen-bond acceptors (Lipinski definition) is 8. The van der Waals surface area contributed by atoms with Crippen LogP contribution < -0.4 is 15.4 Å². The zero-order chi connectivity index (χ0) is 24.8. The van der Waals surface area contributed by atoms with Gasteiger partial charge in [0.2, 0.25) is 0 Å². The van der Waals surface area contributed by atoms with Gasteiger partial charge in [0.15, 0.2) is 0 Å². The Morgan fingerprint density at radius 3 is 2.26 bits per heavy atom. The second kappa shape index (κ2) is 10.4. The average Bonchev–Trinajstić information content (AvgIpc) is 2.86.